The lowest BCUT2D eigenvalue weighted by atomic mass is 9.99. The molecular formula is C20H24N4O2. The molecule has 1 aromatic carbocycles. The monoisotopic (exact) mass is 352 g/mol. The number of benzene rings is 1. The number of hydrogen-bond donors (Lipinski definition) is 3. The second-order valence-corrected chi connectivity index (χ2v) is 6.65. The van der Waals surface area contributed by atoms with Gasteiger partial charge in [-0.05, 0) is 57.0 Å². The van der Waals surface area contributed by atoms with Crippen LogP contribution in [0.1, 0.15) is 46.0 Å². The first-order chi connectivity index (χ1) is 12.6. The molecule has 6 nitrogen and oxygen atoms in total. The van der Waals surface area contributed by atoms with Crippen LogP contribution in [0.25, 0.3) is 0 Å². The highest BCUT2D eigenvalue weighted by molar-refractivity contribution is 6.09. The minimum atomic E-state index is -0.261. The number of pyridine rings is 1. The summed E-state index contributed by atoms with van der Waals surface area (Å²) in [6, 6.07) is 9.04. The lowest BCUT2D eigenvalue weighted by molar-refractivity contribution is 0.0920. The number of carbonyl (C=O) groups excluding carboxylic acids is 2. The van der Waals surface area contributed by atoms with E-state index in [4.69, 9.17) is 0 Å². The topological polar surface area (TPSA) is 83.1 Å². The van der Waals surface area contributed by atoms with Gasteiger partial charge in [0.05, 0.1) is 11.3 Å². The predicted octanol–water partition coefficient (Wildman–Crippen LogP) is 2.51. The third-order valence-corrected chi connectivity index (χ3v) is 4.78. The summed E-state index contributed by atoms with van der Waals surface area (Å²) in [6.45, 7) is 4.93. The zero-order chi connectivity index (χ0) is 18.5. The molecule has 2 aromatic rings. The SMILES string of the molecule is Cc1cccc(C(=O)NC2CCCNC2C)c1NC(=O)c1ccncc1. The van der Waals surface area contributed by atoms with E-state index in [9.17, 15) is 9.59 Å². The number of aryl methyl sites for hydroxylation is 1. The van der Waals surface area contributed by atoms with E-state index < -0.39 is 0 Å². The first-order valence-corrected chi connectivity index (χ1v) is 8.91. The molecular weight excluding hydrogens is 328 g/mol. The molecule has 0 radical (unpaired) electrons. The largest absolute Gasteiger partial charge is 0.348 e. The molecule has 0 bridgehead atoms. The number of anilines is 1. The quantitative estimate of drug-likeness (QED) is 0.789. The van der Waals surface area contributed by atoms with Gasteiger partial charge in [-0.1, -0.05) is 12.1 Å². The fourth-order valence-corrected chi connectivity index (χ4v) is 3.20. The van der Waals surface area contributed by atoms with Crippen LogP contribution in [0.15, 0.2) is 42.7 Å². The standard InChI is InChI=1S/C20H24N4O2/c1-13-5-3-6-16(20(26)23-17-7-4-10-22-14(17)2)18(13)24-19(25)15-8-11-21-12-9-15/h3,5-6,8-9,11-12,14,17,22H,4,7,10H2,1-2H3,(H,23,26)(H,24,25). The van der Waals surface area contributed by atoms with Gasteiger partial charge in [0.25, 0.3) is 11.8 Å². The molecule has 0 spiro atoms. The fourth-order valence-electron chi connectivity index (χ4n) is 3.20. The minimum absolute atomic E-state index is 0.0838. The van der Waals surface area contributed by atoms with E-state index in [1.807, 2.05) is 19.1 Å². The van der Waals surface area contributed by atoms with Crippen LogP contribution in [0.4, 0.5) is 5.69 Å². The van der Waals surface area contributed by atoms with Gasteiger partial charge < -0.3 is 16.0 Å². The summed E-state index contributed by atoms with van der Waals surface area (Å²) in [5.74, 6) is -0.428. The van der Waals surface area contributed by atoms with E-state index in [0.29, 0.717) is 16.8 Å². The van der Waals surface area contributed by atoms with Crippen LogP contribution in [0, 0.1) is 6.92 Å². The number of nitrogens with one attached hydrogen (secondary N) is 3. The van der Waals surface area contributed by atoms with Gasteiger partial charge in [0.1, 0.15) is 0 Å². The first-order valence-electron chi connectivity index (χ1n) is 8.91. The van der Waals surface area contributed by atoms with Gasteiger partial charge in [0, 0.05) is 30.0 Å². The molecule has 1 aliphatic rings. The summed E-state index contributed by atoms with van der Waals surface area (Å²) in [4.78, 5) is 29.3. The molecule has 1 aliphatic heterocycles. The van der Waals surface area contributed by atoms with Crippen LogP contribution in [0.3, 0.4) is 0 Å². The maximum atomic E-state index is 12.8. The Morgan fingerprint density at radius 3 is 2.65 bits per heavy atom. The van der Waals surface area contributed by atoms with Crippen LogP contribution in [-0.2, 0) is 0 Å². The number of hydrogen-bond acceptors (Lipinski definition) is 4. The summed E-state index contributed by atoms with van der Waals surface area (Å²) in [6.07, 6.45) is 5.12. The second kappa shape index (κ2) is 8.10. The molecule has 1 fully saturated rings. The summed E-state index contributed by atoms with van der Waals surface area (Å²) in [5.41, 5.74) is 2.36. The molecule has 2 unspecified atom stereocenters. The maximum Gasteiger partial charge on any atom is 0.255 e. The van der Waals surface area contributed by atoms with Crippen LogP contribution in [-0.4, -0.2) is 35.4 Å². The molecule has 0 aliphatic carbocycles. The van der Waals surface area contributed by atoms with Crippen molar-refractivity contribution >= 4 is 17.5 Å². The number of nitrogens with zero attached hydrogens (tertiary/aromatic N) is 1. The van der Waals surface area contributed by atoms with E-state index >= 15 is 0 Å². The van der Waals surface area contributed by atoms with E-state index in [2.05, 4.69) is 27.9 Å². The molecule has 3 N–H and O–H groups in total. The van der Waals surface area contributed by atoms with Crippen molar-refractivity contribution in [2.24, 2.45) is 0 Å². The minimum Gasteiger partial charge on any atom is -0.348 e. The van der Waals surface area contributed by atoms with Gasteiger partial charge in [-0.15, -0.1) is 0 Å². The van der Waals surface area contributed by atoms with Crippen molar-refractivity contribution < 1.29 is 9.59 Å². The Morgan fingerprint density at radius 1 is 1.15 bits per heavy atom. The van der Waals surface area contributed by atoms with Crippen LogP contribution in [0.5, 0.6) is 0 Å². The Bertz CT molecular complexity index is 792. The van der Waals surface area contributed by atoms with Gasteiger partial charge >= 0.3 is 0 Å². The lowest BCUT2D eigenvalue weighted by Crippen LogP contribution is -2.52. The number of amides is 2. The molecule has 2 atom stereocenters. The van der Waals surface area contributed by atoms with Gasteiger partial charge in [-0.3, -0.25) is 14.6 Å². The highest BCUT2D eigenvalue weighted by Crippen LogP contribution is 2.22. The van der Waals surface area contributed by atoms with Gasteiger partial charge in [0.2, 0.25) is 0 Å². The Kier molecular flexibility index (Phi) is 5.63. The maximum absolute atomic E-state index is 12.8. The normalized spacial score (nSPS) is 19.6. The van der Waals surface area contributed by atoms with Crippen LogP contribution in [0.2, 0.25) is 0 Å². The number of para-hydroxylation sites is 1. The van der Waals surface area contributed by atoms with Crippen LogP contribution < -0.4 is 16.0 Å². The Balaban J connectivity index is 1.80. The van der Waals surface area contributed by atoms with Crippen molar-refractivity contribution in [3.8, 4) is 0 Å². The van der Waals surface area contributed by atoms with E-state index in [1.165, 1.54) is 0 Å². The smallest absolute Gasteiger partial charge is 0.255 e. The molecule has 6 heteroatoms. The molecule has 3 rings (SSSR count). The summed E-state index contributed by atoms with van der Waals surface area (Å²) < 4.78 is 0. The van der Waals surface area contributed by atoms with E-state index in [-0.39, 0.29) is 23.9 Å². The lowest BCUT2D eigenvalue weighted by Gasteiger charge is -2.31. The Labute approximate surface area is 153 Å². The van der Waals surface area contributed by atoms with Gasteiger partial charge in [-0.25, -0.2) is 0 Å². The number of carbonyl (C=O) groups is 2. The first kappa shape index (κ1) is 18.1. The Morgan fingerprint density at radius 2 is 1.92 bits per heavy atom. The molecule has 0 saturated carbocycles. The molecule has 1 aromatic heterocycles. The third kappa shape index (κ3) is 4.08. The van der Waals surface area contributed by atoms with Crippen molar-refractivity contribution in [1.82, 2.24) is 15.6 Å². The van der Waals surface area contributed by atoms with Crippen molar-refractivity contribution in [3.63, 3.8) is 0 Å². The molecule has 1 saturated heterocycles. The van der Waals surface area contributed by atoms with Crippen molar-refractivity contribution in [2.75, 3.05) is 11.9 Å². The summed E-state index contributed by atoms with van der Waals surface area (Å²) in [7, 11) is 0. The average molecular weight is 352 g/mol. The second-order valence-electron chi connectivity index (χ2n) is 6.65. The van der Waals surface area contributed by atoms with Gasteiger partial charge in [0.15, 0.2) is 0 Å². The van der Waals surface area contributed by atoms with Crippen molar-refractivity contribution in [1.29, 1.82) is 0 Å². The number of aromatic nitrogens is 1. The summed E-state index contributed by atoms with van der Waals surface area (Å²) in [5, 5.41) is 9.36. The Hall–Kier alpha value is -2.73. The number of rotatable bonds is 4. The zero-order valence-corrected chi connectivity index (χ0v) is 15.1. The highest BCUT2D eigenvalue weighted by Gasteiger charge is 2.24. The van der Waals surface area contributed by atoms with E-state index in [0.717, 1.165) is 24.9 Å². The van der Waals surface area contributed by atoms with Crippen molar-refractivity contribution in [3.05, 3.63) is 59.4 Å². The highest BCUT2D eigenvalue weighted by atomic mass is 16.2. The molecule has 2 heterocycles. The zero-order valence-electron chi connectivity index (χ0n) is 15.1. The predicted molar refractivity (Wildman–Crippen MR) is 101 cm³/mol. The molecule has 2 amide bonds. The van der Waals surface area contributed by atoms with Crippen LogP contribution >= 0.6 is 0 Å². The van der Waals surface area contributed by atoms with Crippen molar-refractivity contribution in [2.45, 2.75) is 38.8 Å². The molecule has 136 valence electrons. The average Bonchev–Trinajstić information content (AvgIpc) is 2.65. The molecule has 26 heavy (non-hydrogen) atoms. The summed E-state index contributed by atoms with van der Waals surface area (Å²) >= 11 is 0. The van der Waals surface area contributed by atoms with Gasteiger partial charge in [-0.2, -0.15) is 0 Å². The third-order valence-electron chi connectivity index (χ3n) is 4.78. The fraction of sp³-hybridized carbons (Fsp3) is 0.350. The number of piperidine rings is 1. The van der Waals surface area contributed by atoms with E-state index in [1.54, 1.807) is 30.6 Å².